The minimum atomic E-state index is 0.303. The molecule has 0 aromatic heterocycles. The smallest absolute Gasteiger partial charge is 0.0591 e. The van der Waals surface area contributed by atoms with Crippen molar-refractivity contribution in [2.24, 2.45) is 5.92 Å². The Morgan fingerprint density at radius 1 is 1.22 bits per heavy atom. The van der Waals surface area contributed by atoms with Crippen molar-refractivity contribution < 1.29 is 4.74 Å². The highest BCUT2D eigenvalue weighted by atomic mass is 35.5. The van der Waals surface area contributed by atoms with E-state index in [4.69, 9.17) is 16.3 Å². The van der Waals surface area contributed by atoms with Gasteiger partial charge in [0.15, 0.2) is 0 Å². The lowest BCUT2D eigenvalue weighted by Crippen LogP contribution is -2.23. The Labute approximate surface area is 116 Å². The van der Waals surface area contributed by atoms with Crippen LogP contribution in [-0.2, 0) is 4.74 Å². The second-order valence-corrected chi connectivity index (χ2v) is 5.46. The van der Waals surface area contributed by atoms with Crippen molar-refractivity contribution in [3.8, 4) is 0 Å². The Balaban J connectivity index is 2.15. The van der Waals surface area contributed by atoms with E-state index < -0.39 is 0 Å². The van der Waals surface area contributed by atoms with Crippen molar-refractivity contribution >= 4 is 11.6 Å². The highest BCUT2D eigenvalue weighted by Crippen LogP contribution is 2.16. The predicted octanol–water partition coefficient (Wildman–Crippen LogP) is 4.05. The molecule has 0 spiro atoms. The van der Waals surface area contributed by atoms with Gasteiger partial charge in [0.05, 0.1) is 6.61 Å². The number of halogens is 1. The Bertz CT molecular complexity index is 341. The maximum absolute atomic E-state index is 5.97. The topological polar surface area (TPSA) is 21.3 Å². The first kappa shape index (κ1) is 15.5. The molecule has 3 heteroatoms. The zero-order valence-corrected chi connectivity index (χ0v) is 12.3. The average molecular weight is 270 g/mol. The lowest BCUT2D eigenvalue weighted by molar-refractivity contribution is 0.123. The van der Waals surface area contributed by atoms with Gasteiger partial charge in [-0.2, -0.15) is 0 Å². The molecule has 1 aromatic carbocycles. The van der Waals surface area contributed by atoms with E-state index in [0.29, 0.717) is 12.0 Å². The lowest BCUT2D eigenvalue weighted by Gasteiger charge is -2.14. The summed E-state index contributed by atoms with van der Waals surface area (Å²) in [5.74, 6) is 0.711. The van der Waals surface area contributed by atoms with Gasteiger partial charge >= 0.3 is 0 Å². The van der Waals surface area contributed by atoms with Crippen LogP contribution in [0.1, 0.15) is 38.8 Å². The van der Waals surface area contributed by atoms with Crippen molar-refractivity contribution in [1.82, 2.24) is 5.32 Å². The molecule has 0 fully saturated rings. The lowest BCUT2D eigenvalue weighted by atomic mass is 10.1. The van der Waals surface area contributed by atoms with Gasteiger partial charge in [0.1, 0.15) is 0 Å². The summed E-state index contributed by atoms with van der Waals surface area (Å²) in [7, 11) is 0. The molecule has 0 heterocycles. The van der Waals surface area contributed by atoms with Gasteiger partial charge in [0, 0.05) is 24.2 Å². The van der Waals surface area contributed by atoms with Gasteiger partial charge in [-0.3, -0.25) is 0 Å². The monoisotopic (exact) mass is 269 g/mol. The van der Waals surface area contributed by atoms with Gasteiger partial charge in [0.25, 0.3) is 0 Å². The molecule has 1 N–H and O–H groups in total. The molecular weight excluding hydrogens is 246 g/mol. The summed E-state index contributed by atoms with van der Waals surface area (Å²) in [5, 5.41) is 4.22. The molecule has 18 heavy (non-hydrogen) atoms. The molecule has 0 bridgehead atoms. The summed E-state index contributed by atoms with van der Waals surface area (Å²) in [6, 6.07) is 8.27. The number of rotatable bonds is 8. The van der Waals surface area contributed by atoms with E-state index >= 15 is 0 Å². The number of hydrogen-bond donors (Lipinski definition) is 1. The Kier molecular flexibility index (Phi) is 7.33. The third kappa shape index (κ3) is 6.39. The zero-order valence-electron chi connectivity index (χ0n) is 11.6. The molecule has 0 saturated heterocycles. The molecule has 1 rings (SSSR count). The standard InChI is InChI=1S/C15H24ClNO/c1-12(2)7-9-18-10-8-17-13(3)14-5-4-6-15(16)11-14/h4-6,11-13,17H,7-10H2,1-3H3/t13-/m1/s1. The Morgan fingerprint density at radius 2 is 2.00 bits per heavy atom. The molecule has 0 unspecified atom stereocenters. The van der Waals surface area contributed by atoms with E-state index in [1.807, 2.05) is 18.2 Å². The van der Waals surface area contributed by atoms with Crippen LogP contribution in [0.2, 0.25) is 5.02 Å². The number of ether oxygens (including phenoxy) is 1. The SMILES string of the molecule is CC(C)CCOCCN[C@H](C)c1cccc(Cl)c1. The molecular formula is C15H24ClNO. The highest BCUT2D eigenvalue weighted by Gasteiger charge is 2.04. The van der Waals surface area contributed by atoms with E-state index in [1.54, 1.807) is 0 Å². The molecule has 0 aliphatic rings. The maximum Gasteiger partial charge on any atom is 0.0591 e. The second kappa shape index (κ2) is 8.52. The van der Waals surface area contributed by atoms with Crippen molar-refractivity contribution in [1.29, 1.82) is 0 Å². The summed E-state index contributed by atoms with van der Waals surface area (Å²) in [4.78, 5) is 0. The van der Waals surface area contributed by atoms with E-state index in [2.05, 4.69) is 32.2 Å². The van der Waals surface area contributed by atoms with Gasteiger partial charge in [-0.1, -0.05) is 37.6 Å². The van der Waals surface area contributed by atoms with Gasteiger partial charge in [0.2, 0.25) is 0 Å². The molecule has 0 radical (unpaired) electrons. The Morgan fingerprint density at radius 3 is 2.67 bits per heavy atom. The van der Waals surface area contributed by atoms with Crippen molar-refractivity contribution in [2.75, 3.05) is 19.8 Å². The van der Waals surface area contributed by atoms with Crippen LogP contribution in [0, 0.1) is 5.92 Å². The molecule has 0 saturated carbocycles. The van der Waals surface area contributed by atoms with Crippen molar-refractivity contribution in [3.05, 3.63) is 34.9 Å². The summed E-state index contributed by atoms with van der Waals surface area (Å²) in [6.45, 7) is 9.04. The number of hydrogen-bond acceptors (Lipinski definition) is 2. The summed E-state index contributed by atoms with van der Waals surface area (Å²) in [5.41, 5.74) is 1.21. The first-order valence-corrected chi connectivity index (χ1v) is 7.04. The molecule has 1 atom stereocenters. The van der Waals surface area contributed by atoms with Crippen LogP contribution in [0.3, 0.4) is 0 Å². The van der Waals surface area contributed by atoms with Gasteiger partial charge in [-0.05, 0) is 37.0 Å². The average Bonchev–Trinajstić information content (AvgIpc) is 2.33. The van der Waals surface area contributed by atoms with Crippen LogP contribution < -0.4 is 5.32 Å². The summed E-state index contributed by atoms with van der Waals surface area (Å²) in [6.07, 6.45) is 1.13. The molecule has 102 valence electrons. The largest absolute Gasteiger partial charge is 0.380 e. The minimum Gasteiger partial charge on any atom is -0.380 e. The van der Waals surface area contributed by atoms with Gasteiger partial charge in [-0.15, -0.1) is 0 Å². The molecule has 1 aromatic rings. The first-order valence-electron chi connectivity index (χ1n) is 6.66. The number of nitrogens with one attached hydrogen (secondary N) is 1. The van der Waals surface area contributed by atoms with E-state index in [-0.39, 0.29) is 0 Å². The van der Waals surface area contributed by atoms with Crippen molar-refractivity contribution in [2.45, 2.75) is 33.2 Å². The number of benzene rings is 1. The van der Waals surface area contributed by atoms with E-state index in [1.165, 1.54) is 5.56 Å². The molecule has 0 aliphatic carbocycles. The fraction of sp³-hybridized carbons (Fsp3) is 0.600. The normalized spacial score (nSPS) is 12.9. The maximum atomic E-state index is 5.97. The highest BCUT2D eigenvalue weighted by molar-refractivity contribution is 6.30. The van der Waals surface area contributed by atoms with E-state index in [0.717, 1.165) is 31.2 Å². The fourth-order valence-electron chi connectivity index (χ4n) is 1.66. The van der Waals surface area contributed by atoms with E-state index in [9.17, 15) is 0 Å². The molecule has 0 aliphatic heterocycles. The van der Waals surface area contributed by atoms with Crippen molar-refractivity contribution in [3.63, 3.8) is 0 Å². The molecule has 2 nitrogen and oxygen atoms in total. The quantitative estimate of drug-likeness (QED) is 0.719. The summed E-state index contributed by atoms with van der Waals surface area (Å²) < 4.78 is 5.57. The Hall–Kier alpha value is -0.570. The fourth-order valence-corrected chi connectivity index (χ4v) is 1.86. The van der Waals surface area contributed by atoms with Crippen LogP contribution in [0.15, 0.2) is 24.3 Å². The zero-order chi connectivity index (χ0) is 13.4. The third-order valence-electron chi connectivity index (χ3n) is 2.89. The van der Waals surface area contributed by atoms with Gasteiger partial charge in [-0.25, -0.2) is 0 Å². The first-order chi connectivity index (χ1) is 8.59. The molecule has 0 amide bonds. The van der Waals surface area contributed by atoms with Crippen LogP contribution in [0.25, 0.3) is 0 Å². The van der Waals surface area contributed by atoms with Crippen LogP contribution in [-0.4, -0.2) is 19.8 Å². The van der Waals surface area contributed by atoms with Crippen LogP contribution in [0.5, 0.6) is 0 Å². The van der Waals surface area contributed by atoms with Crippen LogP contribution in [0.4, 0.5) is 0 Å². The van der Waals surface area contributed by atoms with Crippen LogP contribution >= 0.6 is 11.6 Å². The second-order valence-electron chi connectivity index (χ2n) is 5.03. The predicted molar refractivity (Wildman–Crippen MR) is 78.1 cm³/mol. The third-order valence-corrected chi connectivity index (χ3v) is 3.12. The minimum absolute atomic E-state index is 0.303. The van der Waals surface area contributed by atoms with Gasteiger partial charge < -0.3 is 10.1 Å². The summed E-state index contributed by atoms with van der Waals surface area (Å²) >= 11 is 5.97.